The Bertz CT molecular complexity index is 978. The van der Waals surface area contributed by atoms with E-state index in [-0.39, 0.29) is 10.8 Å². The first-order valence-electron chi connectivity index (χ1n) is 7.77. The first kappa shape index (κ1) is 18.8. The maximum absolute atomic E-state index is 14.0. The maximum atomic E-state index is 14.0. The number of sulfonamides is 1. The third-order valence-electron chi connectivity index (χ3n) is 3.70. The number of nitrogens with one attached hydrogen (secondary N) is 2. The molecule has 2 N–H and O–H groups in total. The van der Waals surface area contributed by atoms with Gasteiger partial charge < -0.3 is 5.32 Å². The fourth-order valence-corrected chi connectivity index (χ4v) is 4.98. The van der Waals surface area contributed by atoms with Gasteiger partial charge in [-0.25, -0.2) is 17.5 Å². The molecule has 2 aromatic carbocycles. The first-order valence-corrected chi connectivity index (χ1v) is 10.4. The summed E-state index contributed by atoms with van der Waals surface area (Å²) in [6.45, 7) is 0.0518. The number of hydrogen-bond acceptors (Lipinski definition) is 4. The van der Waals surface area contributed by atoms with E-state index in [4.69, 9.17) is 11.6 Å². The summed E-state index contributed by atoms with van der Waals surface area (Å²) in [4.78, 5) is 0. The molecule has 3 rings (SSSR count). The van der Waals surface area contributed by atoms with Gasteiger partial charge in [0.1, 0.15) is 10.0 Å². The van der Waals surface area contributed by atoms with E-state index in [2.05, 4.69) is 10.0 Å². The number of benzene rings is 2. The van der Waals surface area contributed by atoms with E-state index in [9.17, 15) is 12.8 Å². The van der Waals surface area contributed by atoms with Gasteiger partial charge in [-0.1, -0.05) is 54.1 Å². The van der Waals surface area contributed by atoms with Crippen LogP contribution in [0.4, 0.5) is 10.1 Å². The van der Waals surface area contributed by atoms with E-state index < -0.39 is 21.9 Å². The zero-order valence-corrected chi connectivity index (χ0v) is 15.9. The Labute approximate surface area is 160 Å². The molecule has 1 aromatic heterocycles. The number of anilines is 1. The van der Waals surface area contributed by atoms with Crippen LogP contribution in [0, 0.1) is 5.82 Å². The van der Waals surface area contributed by atoms with Gasteiger partial charge in [-0.15, -0.1) is 11.3 Å². The molecule has 0 aliphatic carbocycles. The van der Waals surface area contributed by atoms with E-state index in [1.807, 2.05) is 30.3 Å². The van der Waals surface area contributed by atoms with E-state index >= 15 is 0 Å². The second-order valence-corrected chi connectivity index (χ2v) is 9.21. The Morgan fingerprint density at radius 2 is 1.69 bits per heavy atom. The zero-order chi connectivity index (χ0) is 18.6. The zero-order valence-electron chi connectivity index (χ0n) is 13.5. The minimum atomic E-state index is -3.69. The molecule has 3 aromatic rings. The number of halogens is 2. The molecule has 26 heavy (non-hydrogen) atoms. The summed E-state index contributed by atoms with van der Waals surface area (Å²) in [6, 6.07) is 18.1. The van der Waals surface area contributed by atoms with Crippen LogP contribution in [0.3, 0.4) is 0 Å². The molecule has 0 radical (unpaired) electrons. The lowest BCUT2D eigenvalue weighted by molar-refractivity contribution is 0.577. The summed E-state index contributed by atoms with van der Waals surface area (Å²) in [5.41, 5.74) is 1.14. The van der Waals surface area contributed by atoms with Gasteiger partial charge in [0.25, 0.3) is 0 Å². The monoisotopic (exact) mass is 410 g/mol. The van der Waals surface area contributed by atoms with Crippen LogP contribution >= 0.6 is 22.9 Å². The molecule has 0 aliphatic heterocycles. The number of para-hydroxylation sites is 1. The highest BCUT2D eigenvalue weighted by atomic mass is 35.5. The summed E-state index contributed by atoms with van der Waals surface area (Å²) in [5.74, 6) is -0.402. The molecular weight excluding hydrogens is 395 g/mol. The lowest BCUT2D eigenvalue weighted by atomic mass is 10.1. The molecule has 4 nitrogen and oxygen atoms in total. The van der Waals surface area contributed by atoms with Crippen LogP contribution in [0.25, 0.3) is 0 Å². The molecule has 0 aliphatic rings. The Morgan fingerprint density at radius 1 is 1.00 bits per heavy atom. The van der Waals surface area contributed by atoms with E-state index in [0.717, 1.165) is 16.9 Å². The van der Waals surface area contributed by atoms with Crippen LogP contribution in [0.15, 0.2) is 70.9 Å². The van der Waals surface area contributed by atoms with Crippen LogP contribution < -0.4 is 10.0 Å². The number of rotatable bonds is 7. The van der Waals surface area contributed by atoms with E-state index in [1.54, 1.807) is 18.2 Å². The van der Waals surface area contributed by atoms with Gasteiger partial charge in [0.05, 0.1) is 16.1 Å². The van der Waals surface area contributed by atoms with Gasteiger partial charge in [-0.3, -0.25) is 0 Å². The van der Waals surface area contributed by atoms with E-state index in [1.165, 1.54) is 18.2 Å². The van der Waals surface area contributed by atoms with Crippen LogP contribution in [0.2, 0.25) is 4.34 Å². The molecule has 0 amide bonds. The summed E-state index contributed by atoms with van der Waals surface area (Å²) in [7, 11) is -3.69. The Hall–Kier alpha value is -1.93. The highest BCUT2D eigenvalue weighted by Crippen LogP contribution is 2.26. The topological polar surface area (TPSA) is 58.2 Å². The number of hydrogen-bond donors (Lipinski definition) is 2. The normalized spacial score (nSPS) is 12.7. The standard InChI is InChI=1S/C18H16ClFN2O2S2/c19-17-10-11-18(25-17)26(23,24)21-12-16(13-6-2-1-3-7-13)22-15-9-5-4-8-14(15)20/h1-11,16,21-22H,12H2/t16-/m0/s1. The molecule has 8 heteroatoms. The van der Waals surface area contributed by atoms with Crippen molar-refractivity contribution in [1.29, 1.82) is 0 Å². The van der Waals surface area contributed by atoms with Crippen molar-refractivity contribution in [1.82, 2.24) is 4.72 Å². The molecule has 0 fully saturated rings. The van der Waals surface area contributed by atoms with Crippen molar-refractivity contribution < 1.29 is 12.8 Å². The van der Waals surface area contributed by atoms with Crippen molar-refractivity contribution in [2.75, 3.05) is 11.9 Å². The fraction of sp³-hybridized carbons (Fsp3) is 0.111. The smallest absolute Gasteiger partial charge is 0.250 e. The second-order valence-electron chi connectivity index (χ2n) is 5.50. The lowest BCUT2D eigenvalue weighted by Gasteiger charge is -2.21. The highest BCUT2D eigenvalue weighted by molar-refractivity contribution is 7.91. The predicted molar refractivity (Wildman–Crippen MR) is 104 cm³/mol. The predicted octanol–water partition coefficient (Wildman–Crippen LogP) is 4.67. The lowest BCUT2D eigenvalue weighted by Crippen LogP contribution is -2.31. The van der Waals surface area contributed by atoms with Crippen molar-refractivity contribution >= 4 is 38.6 Å². The van der Waals surface area contributed by atoms with Gasteiger partial charge in [0.15, 0.2) is 0 Å². The quantitative estimate of drug-likeness (QED) is 0.595. The minimum Gasteiger partial charge on any atom is -0.375 e. The van der Waals surface area contributed by atoms with Crippen LogP contribution in [-0.2, 0) is 10.0 Å². The van der Waals surface area contributed by atoms with E-state index in [0.29, 0.717) is 10.0 Å². The number of thiophene rings is 1. The first-order chi connectivity index (χ1) is 12.5. The Kier molecular flexibility index (Phi) is 5.93. The van der Waals surface area contributed by atoms with Gasteiger partial charge >= 0.3 is 0 Å². The van der Waals surface area contributed by atoms with Crippen LogP contribution in [-0.4, -0.2) is 15.0 Å². The van der Waals surface area contributed by atoms with Gasteiger partial charge in [0.2, 0.25) is 10.0 Å². The van der Waals surface area contributed by atoms with Gasteiger partial charge in [-0.2, -0.15) is 0 Å². The maximum Gasteiger partial charge on any atom is 0.250 e. The second kappa shape index (κ2) is 8.18. The molecule has 0 bridgehead atoms. The van der Waals surface area contributed by atoms with Crippen LogP contribution in [0.5, 0.6) is 0 Å². The summed E-state index contributed by atoms with van der Waals surface area (Å²) >= 11 is 6.81. The van der Waals surface area contributed by atoms with Crippen molar-refractivity contribution in [2.45, 2.75) is 10.3 Å². The van der Waals surface area contributed by atoms with Crippen LogP contribution in [0.1, 0.15) is 11.6 Å². The molecule has 0 spiro atoms. The largest absolute Gasteiger partial charge is 0.375 e. The average molecular weight is 411 g/mol. The molecule has 0 saturated heterocycles. The highest BCUT2D eigenvalue weighted by Gasteiger charge is 2.20. The van der Waals surface area contributed by atoms with Crippen molar-refractivity contribution in [2.24, 2.45) is 0 Å². The fourth-order valence-electron chi connectivity index (χ4n) is 2.41. The molecule has 1 atom stereocenters. The minimum absolute atomic E-state index is 0.0518. The Balaban J connectivity index is 1.81. The third-order valence-corrected chi connectivity index (χ3v) is 6.84. The van der Waals surface area contributed by atoms with Gasteiger partial charge in [0, 0.05) is 6.54 Å². The molecule has 136 valence electrons. The summed E-state index contributed by atoms with van der Waals surface area (Å²) in [5, 5.41) is 3.07. The molecular formula is C18H16ClFN2O2S2. The molecule has 0 saturated carbocycles. The van der Waals surface area contributed by atoms with Crippen molar-refractivity contribution in [3.05, 3.63) is 82.4 Å². The summed E-state index contributed by atoms with van der Waals surface area (Å²) in [6.07, 6.45) is 0. The van der Waals surface area contributed by atoms with Crippen molar-refractivity contribution in [3.8, 4) is 0 Å². The van der Waals surface area contributed by atoms with Gasteiger partial charge in [-0.05, 0) is 29.8 Å². The SMILES string of the molecule is O=S(=O)(NC[C@H](Nc1ccccc1F)c1ccccc1)c1ccc(Cl)s1. The molecule has 1 heterocycles. The third kappa shape index (κ3) is 4.62. The molecule has 0 unspecified atom stereocenters. The average Bonchev–Trinajstić information content (AvgIpc) is 3.08. The summed E-state index contributed by atoms with van der Waals surface area (Å²) < 4.78 is 42.0. The Morgan fingerprint density at radius 3 is 2.35 bits per heavy atom. The van der Waals surface area contributed by atoms with Crippen molar-refractivity contribution in [3.63, 3.8) is 0 Å².